The van der Waals surface area contributed by atoms with Gasteiger partial charge in [0.2, 0.25) is 0 Å². The van der Waals surface area contributed by atoms with Crippen LogP contribution in [0.1, 0.15) is 30.5 Å². The van der Waals surface area contributed by atoms with E-state index in [-0.39, 0.29) is 5.41 Å². The molecule has 0 radical (unpaired) electrons. The molecule has 0 atom stereocenters. The summed E-state index contributed by atoms with van der Waals surface area (Å²) >= 11 is 0. The minimum absolute atomic E-state index is 0.0607. The van der Waals surface area contributed by atoms with Crippen molar-refractivity contribution in [2.45, 2.75) is 26.2 Å². The van der Waals surface area contributed by atoms with Crippen LogP contribution in [-0.2, 0) is 5.41 Å². The Morgan fingerprint density at radius 2 is 0.741 bits per heavy atom. The molecule has 0 fully saturated rings. The molecule has 1 aliphatic rings. The highest BCUT2D eigenvalue weighted by molar-refractivity contribution is 6.21. The van der Waals surface area contributed by atoms with E-state index in [1.165, 1.54) is 105 Å². The average Bonchev–Trinajstić information content (AvgIpc) is 3.46. The summed E-state index contributed by atoms with van der Waals surface area (Å²) in [5.41, 5.74) is 19.2. The Kier molecular flexibility index (Phi) is 7.49. The molecule has 0 aliphatic heterocycles. The second-order valence-electron chi connectivity index (χ2n) is 15.3. The van der Waals surface area contributed by atoms with Crippen molar-refractivity contribution < 1.29 is 0 Å². The van der Waals surface area contributed by atoms with Gasteiger partial charge in [-0.1, -0.05) is 178 Å². The SMILES string of the molecule is Cc1cc(-c2cc(-c3ccccc3)cc(-c3ccccc3)c2)ccc1-c1c2ccccc2c(-c2ccc3c(c2)C(C)(C)c2ccccc2-3)c2ccccc12. The van der Waals surface area contributed by atoms with Gasteiger partial charge in [0.15, 0.2) is 0 Å². The number of benzene rings is 9. The van der Waals surface area contributed by atoms with Crippen LogP contribution in [0.15, 0.2) is 188 Å². The summed E-state index contributed by atoms with van der Waals surface area (Å²) in [6.45, 7) is 7.01. The Morgan fingerprint density at radius 1 is 0.296 bits per heavy atom. The second-order valence-corrected chi connectivity index (χ2v) is 15.3. The molecule has 54 heavy (non-hydrogen) atoms. The van der Waals surface area contributed by atoms with Crippen molar-refractivity contribution in [3.8, 4) is 66.8 Å². The smallest absolute Gasteiger partial charge is 0.0159 e. The van der Waals surface area contributed by atoms with Crippen molar-refractivity contribution in [2.75, 3.05) is 0 Å². The Hall–Kier alpha value is -6.50. The lowest BCUT2D eigenvalue weighted by atomic mass is 9.80. The summed E-state index contributed by atoms with van der Waals surface area (Å²) < 4.78 is 0. The minimum atomic E-state index is -0.0607. The maximum absolute atomic E-state index is 2.47. The van der Waals surface area contributed by atoms with Crippen molar-refractivity contribution >= 4 is 21.5 Å². The Morgan fingerprint density at radius 3 is 1.31 bits per heavy atom. The standard InChI is InChI=1S/C54H40/c1-35-30-38(42-32-40(36-16-6-4-7-17-36)31-41(33-42)37-18-8-5-9-19-37)26-28-43(35)53-48-23-12-10-21-46(48)52(47-22-11-13-24-49(47)53)39-27-29-45-44-20-14-15-25-50(44)54(2,3)51(45)34-39/h4-34H,1-3H3. The highest BCUT2D eigenvalue weighted by Crippen LogP contribution is 2.51. The monoisotopic (exact) mass is 688 g/mol. The molecule has 0 unspecified atom stereocenters. The normalized spacial score (nSPS) is 12.9. The highest BCUT2D eigenvalue weighted by atomic mass is 14.4. The van der Waals surface area contributed by atoms with Gasteiger partial charge in [0.05, 0.1) is 0 Å². The van der Waals surface area contributed by atoms with Crippen molar-refractivity contribution in [1.82, 2.24) is 0 Å². The Bertz CT molecular complexity index is 2780. The maximum Gasteiger partial charge on any atom is 0.0159 e. The molecule has 0 heterocycles. The molecule has 0 bridgehead atoms. The molecule has 9 aromatic carbocycles. The lowest BCUT2D eigenvalue weighted by molar-refractivity contribution is 0.660. The molecule has 9 aromatic rings. The predicted molar refractivity (Wildman–Crippen MR) is 231 cm³/mol. The van der Waals surface area contributed by atoms with Crippen LogP contribution in [0, 0.1) is 6.92 Å². The molecule has 0 spiro atoms. The molecule has 0 aromatic heterocycles. The third kappa shape index (κ3) is 5.13. The van der Waals surface area contributed by atoms with Gasteiger partial charge >= 0.3 is 0 Å². The summed E-state index contributed by atoms with van der Waals surface area (Å²) in [5.74, 6) is 0. The number of rotatable bonds is 5. The van der Waals surface area contributed by atoms with Crippen LogP contribution in [0.25, 0.3) is 88.3 Å². The summed E-state index contributed by atoms with van der Waals surface area (Å²) in [6, 6.07) is 69.6. The average molecular weight is 689 g/mol. The first-order valence-electron chi connectivity index (χ1n) is 19.0. The van der Waals surface area contributed by atoms with Gasteiger partial charge in [0.1, 0.15) is 0 Å². The van der Waals surface area contributed by atoms with E-state index in [0.717, 1.165) is 0 Å². The molecule has 10 rings (SSSR count). The number of aryl methyl sites for hydroxylation is 1. The van der Waals surface area contributed by atoms with Crippen LogP contribution < -0.4 is 0 Å². The molecule has 0 N–H and O–H groups in total. The van der Waals surface area contributed by atoms with Gasteiger partial charge in [-0.15, -0.1) is 0 Å². The molecule has 1 aliphatic carbocycles. The Balaban J connectivity index is 1.14. The lowest BCUT2D eigenvalue weighted by Crippen LogP contribution is -2.14. The zero-order valence-corrected chi connectivity index (χ0v) is 30.9. The number of hydrogen-bond acceptors (Lipinski definition) is 0. The van der Waals surface area contributed by atoms with E-state index in [2.05, 4.69) is 209 Å². The first-order valence-corrected chi connectivity index (χ1v) is 19.0. The van der Waals surface area contributed by atoms with Crippen molar-refractivity contribution in [3.05, 3.63) is 205 Å². The van der Waals surface area contributed by atoms with E-state index in [0.29, 0.717) is 0 Å². The van der Waals surface area contributed by atoms with Gasteiger partial charge in [0.25, 0.3) is 0 Å². The second kappa shape index (κ2) is 12.6. The molecule has 0 nitrogen and oxygen atoms in total. The van der Waals surface area contributed by atoms with Gasteiger partial charge in [0, 0.05) is 5.41 Å². The fraction of sp³-hybridized carbons (Fsp3) is 0.0741. The molecule has 256 valence electrons. The highest BCUT2D eigenvalue weighted by Gasteiger charge is 2.35. The van der Waals surface area contributed by atoms with E-state index < -0.39 is 0 Å². The summed E-state index contributed by atoms with van der Waals surface area (Å²) in [7, 11) is 0. The quantitative estimate of drug-likeness (QED) is 0.158. The van der Waals surface area contributed by atoms with E-state index >= 15 is 0 Å². The third-order valence-electron chi connectivity index (χ3n) is 11.8. The number of hydrogen-bond donors (Lipinski definition) is 0. The van der Waals surface area contributed by atoms with Gasteiger partial charge in [-0.05, 0) is 136 Å². The fourth-order valence-corrected chi connectivity index (χ4v) is 9.10. The van der Waals surface area contributed by atoms with Crippen molar-refractivity contribution in [1.29, 1.82) is 0 Å². The van der Waals surface area contributed by atoms with Crippen molar-refractivity contribution in [2.24, 2.45) is 0 Å². The Labute approximate surface area is 318 Å². The van der Waals surface area contributed by atoms with E-state index in [9.17, 15) is 0 Å². The first kappa shape index (κ1) is 32.2. The van der Waals surface area contributed by atoms with Crippen LogP contribution in [0.3, 0.4) is 0 Å². The molecular formula is C54H40. The van der Waals surface area contributed by atoms with E-state index in [1.54, 1.807) is 0 Å². The van der Waals surface area contributed by atoms with E-state index in [1.807, 2.05) is 0 Å². The molecule has 0 amide bonds. The zero-order valence-electron chi connectivity index (χ0n) is 30.9. The van der Waals surface area contributed by atoms with Gasteiger partial charge < -0.3 is 0 Å². The maximum atomic E-state index is 2.47. The zero-order chi connectivity index (χ0) is 36.4. The van der Waals surface area contributed by atoms with Gasteiger partial charge in [-0.3, -0.25) is 0 Å². The lowest BCUT2D eigenvalue weighted by Gasteiger charge is -2.23. The van der Waals surface area contributed by atoms with Crippen LogP contribution >= 0.6 is 0 Å². The molecule has 0 saturated heterocycles. The van der Waals surface area contributed by atoms with Gasteiger partial charge in [-0.2, -0.15) is 0 Å². The summed E-state index contributed by atoms with van der Waals surface area (Å²) in [4.78, 5) is 0. The molecule has 0 saturated carbocycles. The first-order chi connectivity index (χ1) is 26.5. The fourth-order valence-electron chi connectivity index (χ4n) is 9.10. The summed E-state index contributed by atoms with van der Waals surface area (Å²) in [5, 5.41) is 5.13. The summed E-state index contributed by atoms with van der Waals surface area (Å²) in [6.07, 6.45) is 0. The largest absolute Gasteiger partial charge is 0.0622 e. The van der Waals surface area contributed by atoms with E-state index in [4.69, 9.17) is 0 Å². The molecular weight excluding hydrogens is 649 g/mol. The van der Waals surface area contributed by atoms with Gasteiger partial charge in [-0.25, -0.2) is 0 Å². The predicted octanol–water partition coefficient (Wildman–Crippen LogP) is 14.9. The van der Waals surface area contributed by atoms with Crippen LogP contribution in [0.4, 0.5) is 0 Å². The topological polar surface area (TPSA) is 0 Å². The van der Waals surface area contributed by atoms with Crippen LogP contribution in [0.2, 0.25) is 0 Å². The van der Waals surface area contributed by atoms with Crippen molar-refractivity contribution in [3.63, 3.8) is 0 Å². The third-order valence-corrected chi connectivity index (χ3v) is 11.8. The van der Waals surface area contributed by atoms with Crippen LogP contribution in [0.5, 0.6) is 0 Å². The number of fused-ring (bicyclic) bond motifs is 5. The minimum Gasteiger partial charge on any atom is -0.0622 e. The van der Waals surface area contributed by atoms with Crippen LogP contribution in [-0.4, -0.2) is 0 Å². The molecule has 0 heteroatoms.